The van der Waals surface area contributed by atoms with Crippen LogP contribution >= 0.6 is 11.3 Å². The third-order valence-electron chi connectivity index (χ3n) is 1.96. The van der Waals surface area contributed by atoms with E-state index >= 15 is 0 Å². The Bertz CT molecular complexity index is 508. The number of hydrogen-bond donors (Lipinski definition) is 2. The minimum Gasteiger partial charge on any atom is -0.216 e. The van der Waals surface area contributed by atoms with E-state index < -0.39 is 10.9 Å². The van der Waals surface area contributed by atoms with Crippen LogP contribution in [0.5, 0.6) is 0 Å². The van der Waals surface area contributed by atoms with Crippen LogP contribution in [-0.2, 0) is 17.4 Å². The first kappa shape index (κ1) is 9.64. The summed E-state index contributed by atoms with van der Waals surface area (Å²) >= 11 is 1.63. The largest absolute Gasteiger partial charge is 0.216 e. The summed E-state index contributed by atoms with van der Waals surface area (Å²) in [6, 6.07) is 7.96. The maximum Gasteiger partial charge on any atom is 0.201 e. The Morgan fingerprint density at radius 2 is 2.07 bits per heavy atom. The van der Waals surface area contributed by atoms with Gasteiger partial charge in [0.05, 0.1) is 0 Å². The molecule has 1 aromatic carbocycles. The maximum atomic E-state index is 10.4. The Morgan fingerprint density at radius 3 is 2.86 bits per heavy atom. The minimum absolute atomic E-state index is 0.378. The molecule has 0 saturated heterocycles. The van der Waals surface area contributed by atoms with Gasteiger partial charge in [0, 0.05) is 11.2 Å². The Kier molecular flexibility index (Phi) is 2.81. The van der Waals surface area contributed by atoms with Gasteiger partial charge in [0.15, 0.2) is 0 Å². The van der Waals surface area contributed by atoms with E-state index in [0.29, 0.717) is 6.54 Å². The molecule has 0 radical (unpaired) electrons. The lowest BCUT2D eigenvalue weighted by molar-refractivity contribution is 0.602. The molecule has 5 heteroatoms. The lowest BCUT2D eigenvalue weighted by atomic mass is 10.2. The number of thiophene rings is 1. The first-order valence-corrected chi connectivity index (χ1v) is 6.16. The average Bonchev–Trinajstić information content (AvgIpc) is 2.58. The number of benzene rings is 1. The van der Waals surface area contributed by atoms with Crippen LogP contribution < -0.4 is 4.72 Å². The molecule has 0 aliphatic heterocycles. The molecule has 0 fully saturated rings. The van der Waals surface area contributed by atoms with Gasteiger partial charge in [-0.15, -0.1) is 11.3 Å². The molecule has 3 nitrogen and oxygen atoms in total. The summed E-state index contributed by atoms with van der Waals surface area (Å²) in [6.45, 7) is 0.378. The molecule has 0 unspecified atom stereocenters. The van der Waals surface area contributed by atoms with Crippen molar-refractivity contribution in [1.82, 2.24) is 4.72 Å². The van der Waals surface area contributed by atoms with Gasteiger partial charge in [-0.05, 0) is 22.4 Å². The van der Waals surface area contributed by atoms with Crippen molar-refractivity contribution in [3.05, 3.63) is 35.2 Å². The molecule has 74 valence electrons. The number of nitrogens with one attached hydrogen (secondary N) is 1. The van der Waals surface area contributed by atoms with Gasteiger partial charge < -0.3 is 0 Å². The molecule has 2 rings (SSSR count). The molecular formula is C9H9NO2S2. The molecule has 0 spiro atoms. The first-order valence-electron chi connectivity index (χ1n) is 4.10. The fraction of sp³-hybridized carbons (Fsp3) is 0.111. The summed E-state index contributed by atoms with van der Waals surface area (Å²) in [7, 11) is -2.51. The second kappa shape index (κ2) is 4.08. The third kappa shape index (κ3) is 1.95. The van der Waals surface area contributed by atoms with Crippen molar-refractivity contribution in [3.63, 3.8) is 0 Å². The van der Waals surface area contributed by atoms with Crippen molar-refractivity contribution in [1.29, 1.82) is 0 Å². The minimum atomic E-state index is -2.51. The Balaban J connectivity index is 2.33. The summed E-state index contributed by atoms with van der Waals surface area (Å²) in [6.07, 6.45) is 0. The third-order valence-corrected chi connectivity index (χ3v) is 3.39. The number of hydrogen-bond acceptors (Lipinski definition) is 3. The lowest BCUT2D eigenvalue weighted by Crippen LogP contribution is -2.09. The fourth-order valence-electron chi connectivity index (χ4n) is 1.32. The van der Waals surface area contributed by atoms with E-state index in [1.807, 2.05) is 29.6 Å². The van der Waals surface area contributed by atoms with Crippen LogP contribution in [0.25, 0.3) is 10.1 Å². The van der Waals surface area contributed by atoms with E-state index in [1.54, 1.807) is 11.3 Å². The van der Waals surface area contributed by atoms with E-state index in [-0.39, 0.29) is 0 Å². The molecule has 1 N–H and O–H groups in total. The van der Waals surface area contributed by atoms with E-state index in [2.05, 4.69) is 4.72 Å². The molecule has 1 aromatic heterocycles. The summed E-state index contributed by atoms with van der Waals surface area (Å²) < 4.78 is 24.3. The topological polar surface area (TPSA) is 46.2 Å². The molecule has 0 aliphatic rings. The Labute approximate surface area is 87.5 Å². The molecule has 1 heterocycles. The zero-order valence-corrected chi connectivity index (χ0v) is 8.98. The van der Waals surface area contributed by atoms with Gasteiger partial charge >= 0.3 is 0 Å². The summed E-state index contributed by atoms with van der Waals surface area (Å²) in [4.78, 5) is 0. The Morgan fingerprint density at radius 1 is 1.29 bits per heavy atom. The zero-order chi connectivity index (χ0) is 9.97. The molecule has 0 aliphatic carbocycles. The quantitative estimate of drug-likeness (QED) is 0.781. The first-order chi connectivity index (χ1) is 6.77. The SMILES string of the molecule is O=[SH](=O)NCc1csc2ccccc12. The molecule has 0 bridgehead atoms. The highest BCUT2D eigenvalue weighted by Crippen LogP contribution is 2.25. The van der Waals surface area contributed by atoms with Crippen LogP contribution in [0.1, 0.15) is 5.56 Å². The van der Waals surface area contributed by atoms with Gasteiger partial charge in [-0.3, -0.25) is 0 Å². The maximum absolute atomic E-state index is 10.4. The van der Waals surface area contributed by atoms with Crippen LogP contribution in [0.4, 0.5) is 0 Å². The van der Waals surface area contributed by atoms with Crippen molar-refractivity contribution in [2.45, 2.75) is 6.54 Å². The predicted octanol–water partition coefficient (Wildman–Crippen LogP) is 1.52. The molecule has 0 saturated carbocycles. The second-order valence-corrected chi connectivity index (χ2v) is 4.59. The normalized spacial score (nSPS) is 11.2. The van der Waals surface area contributed by atoms with Gasteiger partial charge in [0.25, 0.3) is 0 Å². The highest BCUT2D eigenvalue weighted by atomic mass is 32.2. The smallest absolute Gasteiger partial charge is 0.201 e. The van der Waals surface area contributed by atoms with Crippen molar-refractivity contribution in [3.8, 4) is 0 Å². The standard InChI is InChI=1S/C9H9NO2S2/c11-14(12)10-5-7-6-13-9-4-2-1-3-8(7)9/h1-4,6,14H,5H2,(H,10,11,12). The van der Waals surface area contributed by atoms with E-state index in [0.717, 1.165) is 10.9 Å². The molecule has 0 atom stereocenters. The molecular weight excluding hydrogens is 218 g/mol. The lowest BCUT2D eigenvalue weighted by Gasteiger charge is -1.95. The van der Waals surface area contributed by atoms with Crippen molar-refractivity contribution in [2.24, 2.45) is 0 Å². The summed E-state index contributed by atoms with van der Waals surface area (Å²) in [5, 5.41) is 3.11. The van der Waals surface area contributed by atoms with Gasteiger partial charge in [0.1, 0.15) is 0 Å². The van der Waals surface area contributed by atoms with Crippen LogP contribution in [-0.4, -0.2) is 8.42 Å². The van der Waals surface area contributed by atoms with Crippen LogP contribution in [0.3, 0.4) is 0 Å². The fourth-order valence-corrected chi connectivity index (χ4v) is 2.58. The van der Waals surface area contributed by atoms with E-state index in [9.17, 15) is 8.42 Å². The average molecular weight is 227 g/mol. The number of fused-ring (bicyclic) bond motifs is 1. The number of rotatable bonds is 3. The van der Waals surface area contributed by atoms with Crippen molar-refractivity contribution >= 4 is 32.3 Å². The zero-order valence-electron chi connectivity index (χ0n) is 7.27. The molecule has 14 heavy (non-hydrogen) atoms. The van der Waals surface area contributed by atoms with Crippen molar-refractivity contribution in [2.75, 3.05) is 0 Å². The van der Waals surface area contributed by atoms with E-state index in [1.165, 1.54) is 4.70 Å². The second-order valence-electron chi connectivity index (χ2n) is 2.85. The van der Waals surface area contributed by atoms with Gasteiger partial charge in [-0.25, -0.2) is 13.1 Å². The molecule has 0 amide bonds. The van der Waals surface area contributed by atoms with E-state index in [4.69, 9.17) is 0 Å². The summed E-state index contributed by atoms with van der Waals surface area (Å²) in [5.41, 5.74) is 1.03. The van der Waals surface area contributed by atoms with Crippen molar-refractivity contribution < 1.29 is 8.42 Å². The monoisotopic (exact) mass is 227 g/mol. The van der Waals surface area contributed by atoms with Crippen LogP contribution in [0, 0.1) is 0 Å². The number of thiol groups is 1. The summed E-state index contributed by atoms with van der Waals surface area (Å²) in [5.74, 6) is 0. The molecule has 2 aromatic rings. The highest BCUT2D eigenvalue weighted by molar-refractivity contribution is 7.70. The van der Waals surface area contributed by atoms with Gasteiger partial charge in [0.2, 0.25) is 10.9 Å². The highest BCUT2D eigenvalue weighted by Gasteiger charge is 2.02. The Hall–Kier alpha value is -0.910. The predicted molar refractivity (Wildman–Crippen MR) is 59.0 cm³/mol. The van der Waals surface area contributed by atoms with Gasteiger partial charge in [-0.1, -0.05) is 18.2 Å². The van der Waals surface area contributed by atoms with Gasteiger partial charge in [-0.2, -0.15) is 0 Å². The van der Waals surface area contributed by atoms with Crippen LogP contribution in [0.15, 0.2) is 29.6 Å². The van der Waals surface area contributed by atoms with Crippen LogP contribution in [0.2, 0.25) is 0 Å².